The summed E-state index contributed by atoms with van der Waals surface area (Å²) in [6.45, 7) is 5.22. The lowest BCUT2D eigenvalue weighted by Gasteiger charge is -2.22. The van der Waals surface area contributed by atoms with Crippen LogP contribution in [0.1, 0.15) is 26.3 Å². The Labute approximate surface area is 198 Å². The van der Waals surface area contributed by atoms with Crippen molar-refractivity contribution < 1.29 is 23.8 Å². The van der Waals surface area contributed by atoms with Crippen molar-refractivity contribution in [3.05, 3.63) is 64.4 Å². The molecule has 8 nitrogen and oxygen atoms in total. The molecular formula is C26H30N2O6. The van der Waals surface area contributed by atoms with Crippen LogP contribution in [0.4, 0.5) is 4.79 Å². The number of carbonyl (C=O) groups excluding carboxylic acids is 2. The topological polar surface area (TPSA) is 95.9 Å². The number of aryl methyl sites for hydroxylation is 1. The van der Waals surface area contributed by atoms with Gasteiger partial charge in [-0.3, -0.25) is 4.79 Å². The quantitative estimate of drug-likeness (QED) is 0.555. The zero-order chi connectivity index (χ0) is 25.0. The molecule has 0 spiro atoms. The lowest BCUT2D eigenvalue weighted by atomic mass is 9.99. The van der Waals surface area contributed by atoms with Crippen molar-refractivity contribution in [2.75, 3.05) is 14.2 Å². The molecule has 8 heteroatoms. The van der Waals surface area contributed by atoms with Crippen LogP contribution in [0.3, 0.4) is 0 Å². The molecule has 1 heterocycles. The van der Waals surface area contributed by atoms with Crippen LogP contribution >= 0.6 is 0 Å². The maximum atomic E-state index is 13.1. The van der Waals surface area contributed by atoms with Crippen molar-refractivity contribution in [2.24, 2.45) is 7.05 Å². The standard InChI is InChI=1S/C26H30N2O6/c1-26(2,3)34-25(31)27-19(24(30)33-6)15-16-11-13-17(14-12-16)21-22(32-5)18-9-7-8-10-20(18)28(4)23(21)29/h7-14,19H,15H2,1-6H3,(H,27,31)/t19-/m0/s1. The number of methoxy groups -OCH3 is 2. The van der Waals surface area contributed by atoms with Gasteiger partial charge in [0.15, 0.2) is 0 Å². The van der Waals surface area contributed by atoms with Crippen LogP contribution in [0.5, 0.6) is 5.75 Å². The van der Waals surface area contributed by atoms with Gasteiger partial charge in [-0.15, -0.1) is 0 Å². The summed E-state index contributed by atoms with van der Waals surface area (Å²) in [5, 5.41) is 3.40. The minimum Gasteiger partial charge on any atom is -0.495 e. The van der Waals surface area contributed by atoms with Crippen molar-refractivity contribution in [2.45, 2.75) is 38.8 Å². The molecule has 0 unspecified atom stereocenters. The smallest absolute Gasteiger partial charge is 0.408 e. The van der Waals surface area contributed by atoms with E-state index in [-0.39, 0.29) is 12.0 Å². The summed E-state index contributed by atoms with van der Waals surface area (Å²) in [6, 6.07) is 13.8. The Morgan fingerprint density at radius 1 is 1.03 bits per heavy atom. The first-order chi connectivity index (χ1) is 16.1. The van der Waals surface area contributed by atoms with Gasteiger partial charge in [-0.2, -0.15) is 0 Å². The summed E-state index contributed by atoms with van der Waals surface area (Å²) in [4.78, 5) is 37.6. The normalized spacial score (nSPS) is 12.2. The van der Waals surface area contributed by atoms with Crippen molar-refractivity contribution >= 4 is 23.0 Å². The molecule has 3 rings (SSSR count). The Bertz CT molecular complexity index is 1260. The van der Waals surface area contributed by atoms with E-state index in [4.69, 9.17) is 14.2 Å². The second kappa shape index (κ2) is 9.99. The Kier molecular flexibility index (Phi) is 7.29. The van der Waals surface area contributed by atoms with E-state index in [0.717, 1.165) is 16.5 Å². The largest absolute Gasteiger partial charge is 0.495 e. The third-order valence-electron chi connectivity index (χ3n) is 5.32. The SMILES string of the molecule is COC(=O)[C@H](Cc1ccc(-c2c(OC)c3ccccc3n(C)c2=O)cc1)NC(=O)OC(C)(C)C. The van der Waals surface area contributed by atoms with Gasteiger partial charge < -0.3 is 24.1 Å². The molecular weight excluding hydrogens is 436 g/mol. The number of ether oxygens (including phenoxy) is 3. The van der Waals surface area contributed by atoms with Gasteiger partial charge in [-0.05, 0) is 44.0 Å². The zero-order valence-corrected chi connectivity index (χ0v) is 20.3. The number of carbonyl (C=O) groups is 2. The van der Waals surface area contributed by atoms with Gasteiger partial charge in [0.1, 0.15) is 17.4 Å². The van der Waals surface area contributed by atoms with Crippen molar-refractivity contribution in [3.8, 4) is 16.9 Å². The summed E-state index contributed by atoms with van der Waals surface area (Å²) in [5.74, 6) is -0.0783. The lowest BCUT2D eigenvalue weighted by Crippen LogP contribution is -2.45. The highest BCUT2D eigenvalue weighted by atomic mass is 16.6. The lowest BCUT2D eigenvalue weighted by molar-refractivity contribution is -0.143. The van der Waals surface area contributed by atoms with E-state index < -0.39 is 23.7 Å². The van der Waals surface area contributed by atoms with Crippen LogP contribution in [-0.4, -0.2) is 42.5 Å². The number of nitrogens with zero attached hydrogens (tertiary/aromatic N) is 1. The number of fused-ring (bicyclic) bond motifs is 1. The maximum absolute atomic E-state index is 13.1. The maximum Gasteiger partial charge on any atom is 0.408 e. The highest BCUT2D eigenvalue weighted by Crippen LogP contribution is 2.33. The molecule has 1 amide bonds. The van der Waals surface area contributed by atoms with Gasteiger partial charge in [-0.1, -0.05) is 36.4 Å². The molecule has 0 aliphatic carbocycles. The van der Waals surface area contributed by atoms with Crippen LogP contribution < -0.4 is 15.6 Å². The van der Waals surface area contributed by atoms with Crippen LogP contribution in [0.2, 0.25) is 0 Å². The Morgan fingerprint density at radius 2 is 1.68 bits per heavy atom. The number of rotatable bonds is 6. The molecule has 1 aromatic heterocycles. The highest BCUT2D eigenvalue weighted by Gasteiger charge is 2.25. The van der Waals surface area contributed by atoms with E-state index in [1.54, 1.807) is 63.8 Å². The number of benzene rings is 2. The molecule has 0 bridgehead atoms. The van der Waals surface area contributed by atoms with Crippen molar-refractivity contribution in [3.63, 3.8) is 0 Å². The fourth-order valence-electron chi connectivity index (χ4n) is 3.76. The summed E-state index contributed by atoms with van der Waals surface area (Å²) < 4.78 is 17.3. The van der Waals surface area contributed by atoms with E-state index in [0.29, 0.717) is 16.9 Å². The third kappa shape index (κ3) is 5.39. The second-order valence-electron chi connectivity index (χ2n) is 8.91. The first-order valence-electron chi connectivity index (χ1n) is 10.9. The summed E-state index contributed by atoms with van der Waals surface area (Å²) in [5.41, 5.74) is 1.80. The van der Waals surface area contributed by atoms with Gasteiger partial charge in [-0.25, -0.2) is 9.59 Å². The van der Waals surface area contributed by atoms with Crippen molar-refractivity contribution in [1.29, 1.82) is 0 Å². The monoisotopic (exact) mass is 466 g/mol. The minimum absolute atomic E-state index is 0.178. The first-order valence-corrected chi connectivity index (χ1v) is 10.9. The predicted molar refractivity (Wildman–Crippen MR) is 130 cm³/mol. The van der Waals surface area contributed by atoms with Gasteiger partial charge in [0.05, 0.1) is 25.3 Å². The minimum atomic E-state index is -0.922. The molecule has 0 aliphatic rings. The zero-order valence-electron chi connectivity index (χ0n) is 20.3. The summed E-state index contributed by atoms with van der Waals surface area (Å²) in [6.07, 6.45) is -0.511. The van der Waals surface area contributed by atoms with E-state index in [1.807, 2.05) is 24.3 Å². The van der Waals surface area contributed by atoms with Crippen molar-refractivity contribution in [1.82, 2.24) is 9.88 Å². The van der Waals surface area contributed by atoms with Crippen LogP contribution in [0, 0.1) is 0 Å². The molecule has 0 aliphatic heterocycles. The highest BCUT2D eigenvalue weighted by molar-refractivity contribution is 5.92. The van der Waals surface area contributed by atoms with Gasteiger partial charge in [0, 0.05) is 18.9 Å². The van der Waals surface area contributed by atoms with E-state index >= 15 is 0 Å². The third-order valence-corrected chi connectivity index (χ3v) is 5.32. The number of esters is 1. The molecule has 3 aromatic rings. The molecule has 1 N–H and O–H groups in total. The average molecular weight is 467 g/mol. The molecule has 2 aromatic carbocycles. The second-order valence-corrected chi connectivity index (χ2v) is 8.91. The van der Waals surface area contributed by atoms with E-state index in [9.17, 15) is 14.4 Å². The summed E-state index contributed by atoms with van der Waals surface area (Å²) in [7, 11) is 4.53. The predicted octanol–water partition coefficient (Wildman–Crippen LogP) is 3.82. The van der Waals surface area contributed by atoms with Crippen LogP contribution in [0.15, 0.2) is 53.3 Å². The van der Waals surface area contributed by atoms with Gasteiger partial charge >= 0.3 is 12.1 Å². The number of pyridine rings is 1. The molecule has 34 heavy (non-hydrogen) atoms. The molecule has 1 atom stereocenters. The van der Waals surface area contributed by atoms with Crippen LogP contribution in [-0.2, 0) is 27.7 Å². The Balaban J connectivity index is 1.92. The number of hydrogen-bond donors (Lipinski definition) is 1. The van der Waals surface area contributed by atoms with Gasteiger partial charge in [0.25, 0.3) is 5.56 Å². The molecule has 180 valence electrons. The number of aromatic nitrogens is 1. The fraction of sp³-hybridized carbons (Fsp3) is 0.346. The number of alkyl carbamates (subject to hydrolysis) is 1. The molecule has 0 saturated heterocycles. The number of hydrogen-bond acceptors (Lipinski definition) is 6. The number of nitrogens with one attached hydrogen (secondary N) is 1. The first kappa shape index (κ1) is 24.8. The molecule has 0 radical (unpaired) electrons. The van der Waals surface area contributed by atoms with Gasteiger partial charge in [0.2, 0.25) is 0 Å². The molecule has 0 saturated carbocycles. The van der Waals surface area contributed by atoms with E-state index in [2.05, 4.69) is 5.32 Å². The Hall–Kier alpha value is -3.81. The Morgan fingerprint density at radius 3 is 2.26 bits per heavy atom. The van der Waals surface area contributed by atoms with E-state index in [1.165, 1.54) is 7.11 Å². The van der Waals surface area contributed by atoms with Crippen LogP contribution in [0.25, 0.3) is 22.0 Å². The fourth-order valence-corrected chi connectivity index (χ4v) is 3.76. The number of amides is 1. The number of para-hydroxylation sites is 1. The average Bonchev–Trinajstić information content (AvgIpc) is 2.79. The summed E-state index contributed by atoms with van der Waals surface area (Å²) >= 11 is 0. The molecule has 0 fully saturated rings.